The fourth-order valence-corrected chi connectivity index (χ4v) is 5.59. The summed E-state index contributed by atoms with van der Waals surface area (Å²) >= 11 is 1.03. The molecule has 0 unspecified atom stereocenters. The van der Waals surface area contributed by atoms with Crippen LogP contribution in [0, 0.1) is 5.82 Å². The van der Waals surface area contributed by atoms with Crippen molar-refractivity contribution in [3.8, 4) is 17.2 Å². The van der Waals surface area contributed by atoms with E-state index in [4.69, 9.17) is 14.2 Å². The van der Waals surface area contributed by atoms with Gasteiger partial charge in [0, 0.05) is 6.54 Å². The minimum atomic E-state index is -4.02. The molecule has 11 heteroatoms. The third-order valence-corrected chi connectivity index (χ3v) is 7.80. The van der Waals surface area contributed by atoms with E-state index in [0.717, 1.165) is 27.8 Å². The normalized spacial score (nSPS) is 11.0. The van der Waals surface area contributed by atoms with Crippen molar-refractivity contribution in [3.63, 3.8) is 0 Å². The second-order valence-corrected chi connectivity index (χ2v) is 9.77. The molecule has 8 nitrogen and oxygen atoms in total. The number of nitrogens with one attached hydrogen (secondary N) is 1. The molecule has 33 heavy (non-hydrogen) atoms. The predicted molar refractivity (Wildman–Crippen MR) is 123 cm³/mol. The minimum Gasteiger partial charge on any atom is -0.493 e. The van der Waals surface area contributed by atoms with Gasteiger partial charge in [0.1, 0.15) is 16.6 Å². The molecule has 0 aliphatic rings. The molecule has 2 aromatic carbocycles. The van der Waals surface area contributed by atoms with E-state index in [1.54, 1.807) is 23.6 Å². The van der Waals surface area contributed by atoms with Crippen molar-refractivity contribution in [1.29, 1.82) is 0 Å². The third kappa shape index (κ3) is 5.55. The maximum Gasteiger partial charge on any atom is 0.274 e. The number of methoxy groups -OCH3 is 3. The van der Waals surface area contributed by atoms with Crippen molar-refractivity contribution < 1.29 is 31.8 Å². The molecule has 0 bridgehead atoms. The van der Waals surface area contributed by atoms with Crippen LogP contribution in [0.5, 0.6) is 17.2 Å². The van der Waals surface area contributed by atoms with Crippen LogP contribution in [-0.2, 0) is 21.4 Å². The maximum absolute atomic E-state index is 13.4. The Morgan fingerprint density at radius 3 is 2.18 bits per heavy atom. The van der Waals surface area contributed by atoms with E-state index in [0.29, 0.717) is 22.8 Å². The predicted octanol–water partition coefficient (Wildman–Crippen LogP) is 3.42. The molecule has 3 rings (SSSR count). The summed E-state index contributed by atoms with van der Waals surface area (Å²) in [5, 5.41) is 4.33. The largest absolute Gasteiger partial charge is 0.493 e. The smallest absolute Gasteiger partial charge is 0.274 e. The fraction of sp³-hybridized carbons (Fsp3) is 0.227. The maximum atomic E-state index is 13.4. The number of carbonyl (C=O) groups is 1. The molecule has 0 aliphatic heterocycles. The SMILES string of the molecule is COc1cc(CNC(=O)CN(c2ccc(F)cc2)S(=O)(=O)c2cccs2)cc(OC)c1OC. The Labute approximate surface area is 195 Å². The lowest BCUT2D eigenvalue weighted by atomic mass is 10.1. The number of sulfonamides is 1. The van der Waals surface area contributed by atoms with Gasteiger partial charge in [0.05, 0.1) is 27.0 Å². The van der Waals surface area contributed by atoms with Crippen LogP contribution in [0.3, 0.4) is 0 Å². The Morgan fingerprint density at radius 2 is 1.67 bits per heavy atom. The molecule has 3 aromatic rings. The van der Waals surface area contributed by atoms with Crippen molar-refractivity contribution in [2.45, 2.75) is 10.8 Å². The highest BCUT2D eigenvalue weighted by Crippen LogP contribution is 2.38. The second kappa shape index (κ2) is 10.5. The molecule has 1 aromatic heterocycles. The van der Waals surface area contributed by atoms with E-state index < -0.39 is 28.3 Å². The van der Waals surface area contributed by atoms with E-state index in [2.05, 4.69) is 5.32 Å². The van der Waals surface area contributed by atoms with Crippen LogP contribution < -0.4 is 23.8 Å². The Balaban J connectivity index is 1.81. The molecule has 0 spiro atoms. The van der Waals surface area contributed by atoms with Gasteiger partial charge in [-0.15, -0.1) is 11.3 Å². The number of hydrogen-bond donors (Lipinski definition) is 1. The number of amides is 1. The van der Waals surface area contributed by atoms with E-state index in [-0.39, 0.29) is 16.4 Å². The van der Waals surface area contributed by atoms with Crippen molar-refractivity contribution in [2.75, 3.05) is 32.2 Å². The van der Waals surface area contributed by atoms with E-state index in [9.17, 15) is 17.6 Å². The number of nitrogens with zero attached hydrogens (tertiary/aromatic N) is 1. The van der Waals surface area contributed by atoms with Crippen LogP contribution in [0.1, 0.15) is 5.56 Å². The molecule has 1 N–H and O–H groups in total. The molecular weight excluding hydrogens is 471 g/mol. The van der Waals surface area contributed by atoms with Gasteiger partial charge in [-0.1, -0.05) is 6.07 Å². The first-order valence-electron chi connectivity index (χ1n) is 9.67. The van der Waals surface area contributed by atoms with Gasteiger partial charge in [-0.3, -0.25) is 9.10 Å². The number of ether oxygens (including phenoxy) is 3. The molecule has 0 radical (unpaired) electrons. The molecule has 0 atom stereocenters. The zero-order valence-electron chi connectivity index (χ0n) is 18.2. The van der Waals surface area contributed by atoms with Gasteiger partial charge in [0.2, 0.25) is 11.7 Å². The molecule has 0 aliphatic carbocycles. The first-order valence-corrected chi connectivity index (χ1v) is 12.0. The van der Waals surface area contributed by atoms with Gasteiger partial charge in [-0.05, 0) is 53.4 Å². The second-order valence-electron chi connectivity index (χ2n) is 6.73. The summed E-state index contributed by atoms with van der Waals surface area (Å²) < 4.78 is 56.6. The average Bonchev–Trinajstić information content (AvgIpc) is 3.37. The van der Waals surface area contributed by atoms with Gasteiger partial charge >= 0.3 is 0 Å². The summed E-state index contributed by atoms with van der Waals surface area (Å²) in [6.07, 6.45) is 0. The lowest BCUT2D eigenvalue weighted by Crippen LogP contribution is -2.40. The lowest BCUT2D eigenvalue weighted by molar-refractivity contribution is -0.119. The van der Waals surface area contributed by atoms with Gasteiger partial charge in [-0.25, -0.2) is 12.8 Å². The quantitative estimate of drug-likeness (QED) is 0.464. The molecule has 0 saturated heterocycles. The van der Waals surface area contributed by atoms with Gasteiger partial charge in [-0.2, -0.15) is 0 Å². The van der Waals surface area contributed by atoms with Crippen LogP contribution in [0.2, 0.25) is 0 Å². The van der Waals surface area contributed by atoms with Crippen LogP contribution >= 0.6 is 11.3 Å². The summed E-state index contributed by atoms with van der Waals surface area (Å²) in [6.45, 7) is -0.401. The number of benzene rings is 2. The van der Waals surface area contributed by atoms with E-state index in [1.807, 2.05) is 0 Å². The Bertz CT molecular complexity index is 1170. The topological polar surface area (TPSA) is 94.2 Å². The van der Waals surface area contributed by atoms with Crippen LogP contribution in [0.15, 0.2) is 58.1 Å². The summed E-state index contributed by atoms with van der Waals surface area (Å²) in [5.41, 5.74) is 0.833. The Morgan fingerprint density at radius 1 is 1.03 bits per heavy atom. The number of anilines is 1. The summed E-state index contributed by atoms with van der Waals surface area (Å²) in [6, 6.07) is 11.3. The van der Waals surface area contributed by atoms with Gasteiger partial charge in [0.25, 0.3) is 10.0 Å². The first kappa shape index (κ1) is 24.3. The van der Waals surface area contributed by atoms with Crippen LogP contribution in [-0.4, -0.2) is 42.2 Å². The summed E-state index contributed by atoms with van der Waals surface area (Å²) in [4.78, 5) is 12.7. The monoisotopic (exact) mass is 494 g/mol. The molecule has 0 fully saturated rings. The number of hydrogen-bond acceptors (Lipinski definition) is 7. The Hall–Kier alpha value is -3.31. The van der Waals surface area contributed by atoms with E-state index >= 15 is 0 Å². The lowest BCUT2D eigenvalue weighted by Gasteiger charge is -2.23. The zero-order valence-corrected chi connectivity index (χ0v) is 19.8. The highest BCUT2D eigenvalue weighted by Gasteiger charge is 2.28. The molecule has 1 heterocycles. The van der Waals surface area contributed by atoms with Crippen molar-refractivity contribution in [2.24, 2.45) is 0 Å². The third-order valence-electron chi connectivity index (χ3n) is 4.66. The highest BCUT2D eigenvalue weighted by molar-refractivity contribution is 7.94. The van der Waals surface area contributed by atoms with E-state index in [1.165, 1.54) is 39.5 Å². The molecule has 1 amide bonds. The average molecular weight is 495 g/mol. The number of carbonyl (C=O) groups excluding carboxylic acids is 1. The fourth-order valence-electron chi connectivity index (χ4n) is 3.07. The minimum absolute atomic E-state index is 0.0734. The van der Waals surface area contributed by atoms with Crippen molar-refractivity contribution >= 4 is 33.0 Å². The standard InChI is InChI=1S/C22H23FN2O6S2/c1-29-18-11-15(12-19(30-2)22(18)31-3)13-24-20(26)14-25(17-8-6-16(23)7-9-17)33(27,28)21-5-4-10-32-21/h4-12H,13-14H2,1-3H3,(H,24,26). The number of thiophene rings is 1. The summed E-state index contributed by atoms with van der Waals surface area (Å²) in [5.74, 6) is 0.204. The zero-order chi connectivity index (χ0) is 24.0. The van der Waals surface area contributed by atoms with Gasteiger partial charge in [0.15, 0.2) is 11.5 Å². The van der Waals surface area contributed by atoms with Crippen LogP contribution in [0.25, 0.3) is 0 Å². The van der Waals surface area contributed by atoms with Crippen molar-refractivity contribution in [1.82, 2.24) is 5.32 Å². The number of rotatable bonds is 10. The summed E-state index contributed by atoms with van der Waals surface area (Å²) in [7, 11) is 0.430. The van der Waals surface area contributed by atoms with Gasteiger partial charge < -0.3 is 19.5 Å². The van der Waals surface area contributed by atoms with Crippen molar-refractivity contribution in [3.05, 3.63) is 65.3 Å². The molecule has 0 saturated carbocycles. The Kier molecular flexibility index (Phi) is 7.77. The number of halogens is 1. The molecular formula is C22H23FN2O6S2. The first-order chi connectivity index (χ1) is 15.8. The molecule has 176 valence electrons. The highest BCUT2D eigenvalue weighted by atomic mass is 32.2. The van der Waals surface area contributed by atoms with Crippen LogP contribution in [0.4, 0.5) is 10.1 Å².